The molecule has 0 bridgehead atoms. The summed E-state index contributed by atoms with van der Waals surface area (Å²) < 4.78 is 32.0. The molecule has 0 radical (unpaired) electrons. The van der Waals surface area contributed by atoms with Gasteiger partial charge in [0.1, 0.15) is 4.90 Å². The summed E-state index contributed by atoms with van der Waals surface area (Å²) in [7, 11) is -0.374. The Morgan fingerprint density at radius 1 is 1.69 bits per heavy atom. The highest BCUT2D eigenvalue weighted by molar-refractivity contribution is 7.89. The molecule has 0 saturated heterocycles. The van der Waals surface area contributed by atoms with Crippen LogP contribution < -0.4 is 4.72 Å². The van der Waals surface area contributed by atoms with Crippen LogP contribution in [0.4, 0.5) is 0 Å². The molecule has 0 aliphatic rings. The van der Waals surface area contributed by atoms with Gasteiger partial charge in [0.2, 0.25) is 10.0 Å². The second-order valence-electron chi connectivity index (χ2n) is 3.25. The quantitative estimate of drug-likeness (QED) is 0.734. The van der Waals surface area contributed by atoms with Gasteiger partial charge in [-0.1, -0.05) is 0 Å². The second-order valence-corrected chi connectivity index (χ2v) is 5.64. The first-order valence-corrected chi connectivity index (χ1v) is 6.49. The number of sulfonamides is 1. The topological polar surface area (TPSA) is 73.2 Å². The molecule has 1 aromatic heterocycles. The Balaban J connectivity index is 2.59. The van der Waals surface area contributed by atoms with Crippen molar-refractivity contribution in [3.8, 4) is 0 Å². The Morgan fingerprint density at radius 3 is 2.88 bits per heavy atom. The number of hydrogen-bond donors (Lipinski definition) is 1. The molecule has 0 aliphatic heterocycles. The van der Waals surface area contributed by atoms with Crippen LogP contribution in [-0.2, 0) is 21.8 Å². The summed E-state index contributed by atoms with van der Waals surface area (Å²) in [6.07, 6.45) is 2.70. The lowest BCUT2D eigenvalue weighted by Crippen LogP contribution is -2.31. The zero-order valence-corrected chi connectivity index (χ0v) is 10.6. The molecule has 1 aromatic rings. The van der Waals surface area contributed by atoms with Crippen LogP contribution in [0.25, 0.3) is 0 Å². The summed E-state index contributed by atoms with van der Waals surface area (Å²) in [6.45, 7) is 0.406. The standard InChI is InChI=1S/C8H14ClN3O3S/c1-12-5-8(4-10-12)16(13,14)11-3-7(9)6-15-2/h4-5,7,11H,3,6H2,1-2H3. The number of rotatable bonds is 6. The fourth-order valence-corrected chi connectivity index (χ4v) is 2.42. The smallest absolute Gasteiger partial charge is 0.243 e. The molecule has 0 fully saturated rings. The van der Waals surface area contributed by atoms with E-state index in [0.717, 1.165) is 0 Å². The number of nitrogens with one attached hydrogen (secondary N) is 1. The van der Waals surface area contributed by atoms with Gasteiger partial charge in [-0.25, -0.2) is 13.1 Å². The molecular weight excluding hydrogens is 254 g/mol. The van der Waals surface area contributed by atoms with Gasteiger partial charge in [-0.3, -0.25) is 4.68 Å². The van der Waals surface area contributed by atoms with E-state index in [-0.39, 0.29) is 18.0 Å². The number of halogens is 1. The molecule has 92 valence electrons. The lowest BCUT2D eigenvalue weighted by molar-refractivity contribution is 0.198. The highest BCUT2D eigenvalue weighted by Gasteiger charge is 2.17. The van der Waals surface area contributed by atoms with Gasteiger partial charge in [-0.2, -0.15) is 5.10 Å². The van der Waals surface area contributed by atoms with Crippen molar-refractivity contribution in [3.05, 3.63) is 12.4 Å². The monoisotopic (exact) mass is 267 g/mol. The van der Waals surface area contributed by atoms with Gasteiger partial charge in [-0.15, -0.1) is 11.6 Å². The third-order valence-electron chi connectivity index (χ3n) is 1.83. The maximum absolute atomic E-state index is 11.7. The lowest BCUT2D eigenvalue weighted by atomic mass is 10.5. The molecule has 0 amide bonds. The first-order chi connectivity index (χ1) is 7.45. The lowest BCUT2D eigenvalue weighted by Gasteiger charge is -2.09. The fraction of sp³-hybridized carbons (Fsp3) is 0.625. The van der Waals surface area contributed by atoms with Crippen molar-refractivity contribution in [2.24, 2.45) is 7.05 Å². The van der Waals surface area contributed by atoms with E-state index in [1.165, 1.54) is 24.2 Å². The number of aromatic nitrogens is 2. The first kappa shape index (κ1) is 13.4. The van der Waals surface area contributed by atoms with E-state index in [1.54, 1.807) is 7.05 Å². The number of hydrogen-bond acceptors (Lipinski definition) is 4. The van der Waals surface area contributed by atoms with Gasteiger partial charge in [-0.05, 0) is 0 Å². The SMILES string of the molecule is COCC(Cl)CNS(=O)(=O)c1cnn(C)c1. The average Bonchev–Trinajstić information content (AvgIpc) is 2.63. The molecule has 0 aliphatic carbocycles. The largest absolute Gasteiger partial charge is 0.383 e. The third-order valence-corrected chi connectivity index (χ3v) is 3.49. The number of ether oxygens (including phenoxy) is 1. The molecule has 1 heterocycles. The predicted molar refractivity (Wildman–Crippen MR) is 59.9 cm³/mol. The Labute approximate surface area is 99.6 Å². The Morgan fingerprint density at radius 2 is 2.38 bits per heavy atom. The van der Waals surface area contributed by atoms with Crippen LogP contribution in [0.2, 0.25) is 0 Å². The van der Waals surface area contributed by atoms with E-state index in [9.17, 15) is 8.42 Å². The molecule has 1 atom stereocenters. The van der Waals surface area contributed by atoms with E-state index in [2.05, 4.69) is 9.82 Å². The molecule has 0 saturated carbocycles. The van der Waals surface area contributed by atoms with E-state index >= 15 is 0 Å². The highest BCUT2D eigenvalue weighted by Crippen LogP contribution is 2.06. The number of nitrogens with zero attached hydrogens (tertiary/aromatic N) is 2. The molecule has 1 rings (SSSR count). The summed E-state index contributed by atoms with van der Waals surface area (Å²) >= 11 is 5.81. The van der Waals surface area contributed by atoms with Gasteiger partial charge >= 0.3 is 0 Å². The summed E-state index contributed by atoms with van der Waals surface area (Å²) in [5.41, 5.74) is 0. The van der Waals surface area contributed by atoms with Crippen LogP contribution in [0.3, 0.4) is 0 Å². The van der Waals surface area contributed by atoms with Gasteiger partial charge in [0, 0.05) is 26.9 Å². The van der Waals surface area contributed by atoms with Crippen molar-refractivity contribution >= 4 is 21.6 Å². The minimum Gasteiger partial charge on any atom is -0.383 e. The minimum atomic E-state index is -3.53. The van der Waals surface area contributed by atoms with Gasteiger partial charge < -0.3 is 4.74 Å². The second kappa shape index (κ2) is 5.62. The van der Waals surface area contributed by atoms with Crippen LogP contribution in [-0.4, -0.2) is 43.8 Å². The normalized spacial score (nSPS) is 13.9. The molecule has 0 spiro atoms. The first-order valence-electron chi connectivity index (χ1n) is 4.57. The number of methoxy groups -OCH3 is 1. The molecule has 0 aromatic carbocycles. The summed E-state index contributed by atoms with van der Waals surface area (Å²) in [6, 6.07) is 0. The van der Waals surface area contributed by atoms with E-state index in [4.69, 9.17) is 16.3 Å². The Hall–Kier alpha value is -0.630. The van der Waals surface area contributed by atoms with Gasteiger partial charge in [0.05, 0.1) is 18.2 Å². The third kappa shape index (κ3) is 3.75. The van der Waals surface area contributed by atoms with Crippen LogP contribution in [0.15, 0.2) is 17.3 Å². The van der Waals surface area contributed by atoms with Crippen LogP contribution in [0, 0.1) is 0 Å². The van der Waals surface area contributed by atoms with Crippen LogP contribution >= 0.6 is 11.6 Å². The average molecular weight is 268 g/mol. The minimum absolute atomic E-state index is 0.118. The van der Waals surface area contributed by atoms with Crippen LogP contribution in [0.1, 0.15) is 0 Å². The molecular formula is C8H14ClN3O3S. The van der Waals surface area contributed by atoms with Gasteiger partial charge in [0.15, 0.2) is 0 Å². The summed E-state index contributed by atoms with van der Waals surface area (Å²) in [5.74, 6) is 0. The maximum atomic E-state index is 11.7. The van der Waals surface area contributed by atoms with Crippen LogP contribution in [0.5, 0.6) is 0 Å². The van der Waals surface area contributed by atoms with E-state index in [0.29, 0.717) is 0 Å². The maximum Gasteiger partial charge on any atom is 0.243 e. The zero-order chi connectivity index (χ0) is 12.2. The fourth-order valence-electron chi connectivity index (χ4n) is 1.06. The van der Waals surface area contributed by atoms with Crippen molar-refractivity contribution in [1.29, 1.82) is 0 Å². The van der Waals surface area contributed by atoms with Crippen molar-refractivity contribution < 1.29 is 13.2 Å². The van der Waals surface area contributed by atoms with E-state index in [1.807, 2.05) is 0 Å². The molecule has 6 nitrogen and oxygen atoms in total. The molecule has 1 unspecified atom stereocenters. The summed E-state index contributed by atoms with van der Waals surface area (Å²) in [4.78, 5) is 0.122. The molecule has 16 heavy (non-hydrogen) atoms. The number of alkyl halides is 1. The highest BCUT2D eigenvalue weighted by atomic mass is 35.5. The van der Waals surface area contributed by atoms with Crippen molar-refractivity contribution in [2.45, 2.75) is 10.3 Å². The number of aryl methyl sites for hydroxylation is 1. The van der Waals surface area contributed by atoms with E-state index < -0.39 is 15.4 Å². The van der Waals surface area contributed by atoms with Crippen molar-refractivity contribution in [3.63, 3.8) is 0 Å². The zero-order valence-electron chi connectivity index (χ0n) is 9.05. The Bertz CT molecular complexity index is 431. The van der Waals surface area contributed by atoms with Gasteiger partial charge in [0.25, 0.3) is 0 Å². The Kier molecular flexibility index (Phi) is 4.72. The van der Waals surface area contributed by atoms with Crippen molar-refractivity contribution in [1.82, 2.24) is 14.5 Å². The van der Waals surface area contributed by atoms with Crippen molar-refractivity contribution in [2.75, 3.05) is 20.3 Å². The predicted octanol–water partition coefficient (Wildman–Crippen LogP) is -0.0478. The summed E-state index contributed by atoms with van der Waals surface area (Å²) in [5, 5.41) is 3.39. The molecule has 8 heteroatoms. The molecule has 1 N–H and O–H groups in total.